The first-order valence-corrected chi connectivity index (χ1v) is 9.49. The number of nitrogens with two attached hydrogens (primary N) is 1. The van der Waals surface area contributed by atoms with E-state index < -0.39 is 6.04 Å². The highest BCUT2D eigenvalue weighted by atomic mass is 16.5. The average molecular weight is 376 g/mol. The maximum Gasteiger partial charge on any atom is 0.322 e. The number of nitrogens with zero attached hydrogens (tertiary/aromatic N) is 1. The lowest BCUT2D eigenvalue weighted by Gasteiger charge is -2.16. The number of aromatic nitrogens is 1. The molecule has 0 spiro atoms. The molecule has 2 N–H and O–H groups in total. The quantitative estimate of drug-likeness (QED) is 0.691. The summed E-state index contributed by atoms with van der Waals surface area (Å²) in [6, 6.07) is 13.7. The molecule has 2 atom stereocenters. The van der Waals surface area contributed by atoms with E-state index in [1.165, 1.54) is 18.2 Å². The van der Waals surface area contributed by atoms with Crippen LogP contribution in [-0.4, -0.2) is 31.2 Å². The third-order valence-electron chi connectivity index (χ3n) is 5.66. The topological polar surface area (TPSA) is 74.4 Å². The van der Waals surface area contributed by atoms with Crippen LogP contribution in [0.15, 0.2) is 48.7 Å². The number of carbonyl (C=O) groups is 1. The van der Waals surface area contributed by atoms with Gasteiger partial charge < -0.3 is 15.2 Å². The van der Waals surface area contributed by atoms with Gasteiger partial charge >= 0.3 is 5.97 Å². The highest BCUT2D eigenvalue weighted by Crippen LogP contribution is 2.42. The summed E-state index contributed by atoms with van der Waals surface area (Å²) >= 11 is 0. The maximum absolute atomic E-state index is 11.7. The van der Waals surface area contributed by atoms with Gasteiger partial charge in [0.15, 0.2) is 0 Å². The van der Waals surface area contributed by atoms with Crippen molar-refractivity contribution in [2.24, 2.45) is 5.73 Å². The van der Waals surface area contributed by atoms with Crippen molar-refractivity contribution in [2.75, 3.05) is 14.2 Å². The number of carbonyl (C=O) groups excluding carboxylic acids is 1. The molecule has 0 aliphatic heterocycles. The number of hydrogen-bond acceptors (Lipinski definition) is 5. The van der Waals surface area contributed by atoms with E-state index in [0.29, 0.717) is 6.42 Å². The minimum Gasteiger partial charge on any atom is -0.496 e. The van der Waals surface area contributed by atoms with Gasteiger partial charge in [-0.3, -0.25) is 9.78 Å². The molecule has 2 aromatic carbocycles. The lowest BCUT2D eigenvalue weighted by Crippen LogP contribution is -2.33. The van der Waals surface area contributed by atoms with Gasteiger partial charge in [-0.25, -0.2) is 0 Å². The number of benzene rings is 2. The van der Waals surface area contributed by atoms with E-state index in [0.717, 1.165) is 40.6 Å². The number of rotatable bonds is 5. The fourth-order valence-electron chi connectivity index (χ4n) is 4.33. The Morgan fingerprint density at radius 1 is 1.18 bits per heavy atom. The third-order valence-corrected chi connectivity index (χ3v) is 5.66. The minimum absolute atomic E-state index is 0.222. The summed E-state index contributed by atoms with van der Waals surface area (Å²) in [4.78, 5) is 16.5. The zero-order valence-corrected chi connectivity index (χ0v) is 16.1. The number of hydrogen-bond donors (Lipinski definition) is 1. The number of ether oxygens (including phenoxy) is 2. The van der Waals surface area contributed by atoms with Gasteiger partial charge in [-0.05, 0) is 48.1 Å². The molecule has 0 amide bonds. The van der Waals surface area contributed by atoms with Crippen LogP contribution in [0.2, 0.25) is 0 Å². The monoisotopic (exact) mass is 376 g/mol. The van der Waals surface area contributed by atoms with E-state index in [-0.39, 0.29) is 11.9 Å². The number of esters is 1. The highest BCUT2D eigenvalue weighted by Gasteiger charge is 2.29. The maximum atomic E-state index is 11.7. The second-order valence-electron chi connectivity index (χ2n) is 7.16. The van der Waals surface area contributed by atoms with Gasteiger partial charge in [0.25, 0.3) is 0 Å². The van der Waals surface area contributed by atoms with Gasteiger partial charge in [-0.15, -0.1) is 0 Å². The van der Waals surface area contributed by atoms with Crippen LogP contribution >= 0.6 is 0 Å². The molecule has 0 saturated heterocycles. The average Bonchev–Trinajstić information content (AvgIpc) is 3.17. The molecule has 1 aliphatic carbocycles. The first-order valence-electron chi connectivity index (χ1n) is 9.49. The summed E-state index contributed by atoms with van der Waals surface area (Å²) in [5.74, 6) is 0.701. The molecule has 0 radical (unpaired) electrons. The van der Waals surface area contributed by atoms with E-state index >= 15 is 0 Å². The molecule has 0 bridgehead atoms. The second-order valence-corrected chi connectivity index (χ2v) is 7.16. The molecule has 1 unspecified atom stereocenters. The predicted octanol–water partition coefficient (Wildman–Crippen LogP) is 3.36. The molecule has 1 aromatic heterocycles. The van der Waals surface area contributed by atoms with Crippen LogP contribution < -0.4 is 10.5 Å². The van der Waals surface area contributed by atoms with Crippen molar-refractivity contribution in [3.8, 4) is 5.75 Å². The van der Waals surface area contributed by atoms with Crippen molar-refractivity contribution < 1.29 is 14.3 Å². The fraction of sp³-hybridized carbons (Fsp3) is 0.304. The van der Waals surface area contributed by atoms with Crippen molar-refractivity contribution in [3.05, 3.63) is 71.0 Å². The zero-order chi connectivity index (χ0) is 19.7. The van der Waals surface area contributed by atoms with Crippen LogP contribution in [0.5, 0.6) is 5.75 Å². The van der Waals surface area contributed by atoms with E-state index in [1.54, 1.807) is 7.11 Å². The van der Waals surface area contributed by atoms with E-state index in [9.17, 15) is 4.79 Å². The van der Waals surface area contributed by atoms with Crippen molar-refractivity contribution >= 4 is 16.7 Å². The predicted molar refractivity (Wildman–Crippen MR) is 109 cm³/mol. The van der Waals surface area contributed by atoms with Gasteiger partial charge in [0.1, 0.15) is 11.8 Å². The standard InChI is InChI=1S/C23H24N2O3/c1-27-21-8-4-7-18-17(21)11-12-25-22(18)19-10-9-15-14(5-3-6-16(15)19)13-20(24)23(26)28-2/h3-8,11-12,19-20H,9-10,13,24H2,1-2H3/t19?,20-/m0/s1. The minimum atomic E-state index is -0.643. The normalized spacial score (nSPS) is 16.6. The number of methoxy groups -OCH3 is 2. The van der Waals surface area contributed by atoms with E-state index in [2.05, 4.69) is 18.2 Å². The number of fused-ring (bicyclic) bond motifs is 2. The molecule has 3 aromatic rings. The first kappa shape index (κ1) is 18.4. The Hall–Kier alpha value is -2.92. The van der Waals surface area contributed by atoms with Crippen LogP contribution in [0.3, 0.4) is 0 Å². The van der Waals surface area contributed by atoms with Gasteiger partial charge in [0.2, 0.25) is 0 Å². The lowest BCUT2D eigenvalue weighted by molar-refractivity contribution is -0.142. The molecule has 144 valence electrons. The molecule has 0 saturated carbocycles. The Labute approximate surface area is 164 Å². The summed E-state index contributed by atoms with van der Waals surface area (Å²) in [5.41, 5.74) is 10.8. The Morgan fingerprint density at radius 3 is 2.79 bits per heavy atom. The summed E-state index contributed by atoms with van der Waals surface area (Å²) < 4.78 is 10.3. The Bertz CT molecular complexity index is 1030. The highest BCUT2D eigenvalue weighted by molar-refractivity contribution is 5.90. The summed E-state index contributed by atoms with van der Waals surface area (Å²) in [7, 11) is 3.06. The molecule has 0 fully saturated rings. The van der Waals surface area contributed by atoms with Crippen LogP contribution in [-0.2, 0) is 22.4 Å². The Balaban J connectivity index is 1.74. The summed E-state index contributed by atoms with van der Waals surface area (Å²) in [5, 5.41) is 2.20. The van der Waals surface area contributed by atoms with Crippen molar-refractivity contribution in [2.45, 2.75) is 31.2 Å². The first-order chi connectivity index (χ1) is 13.6. The molecule has 1 heterocycles. The van der Waals surface area contributed by atoms with Crippen LogP contribution in [0, 0.1) is 0 Å². The van der Waals surface area contributed by atoms with Gasteiger partial charge in [-0.1, -0.05) is 30.3 Å². The molecule has 5 nitrogen and oxygen atoms in total. The molecular formula is C23H24N2O3. The fourth-order valence-corrected chi connectivity index (χ4v) is 4.33. The van der Waals surface area contributed by atoms with E-state index in [1.807, 2.05) is 30.5 Å². The molecule has 4 rings (SSSR count). The Kier molecular flexibility index (Phi) is 5.01. The smallest absolute Gasteiger partial charge is 0.322 e. The number of pyridine rings is 1. The van der Waals surface area contributed by atoms with Crippen molar-refractivity contribution in [3.63, 3.8) is 0 Å². The summed E-state index contributed by atoms with van der Waals surface area (Å²) in [6.45, 7) is 0. The molecule has 5 heteroatoms. The SMILES string of the molecule is COC(=O)[C@@H](N)Cc1cccc2c1CCC2c1nccc2c(OC)cccc12. The van der Waals surface area contributed by atoms with Gasteiger partial charge in [0, 0.05) is 22.9 Å². The van der Waals surface area contributed by atoms with Crippen molar-refractivity contribution in [1.82, 2.24) is 4.98 Å². The lowest BCUT2D eigenvalue weighted by atomic mass is 9.91. The second kappa shape index (κ2) is 7.60. The summed E-state index contributed by atoms with van der Waals surface area (Å²) in [6.07, 6.45) is 4.28. The van der Waals surface area contributed by atoms with Crippen LogP contribution in [0.1, 0.15) is 34.7 Å². The largest absolute Gasteiger partial charge is 0.496 e. The van der Waals surface area contributed by atoms with Crippen LogP contribution in [0.4, 0.5) is 0 Å². The van der Waals surface area contributed by atoms with E-state index in [4.69, 9.17) is 20.2 Å². The van der Waals surface area contributed by atoms with Crippen molar-refractivity contribution in [1.29, 1.82) is 0 Å². The third kappa shape index (κ3) is 3.12. The van der Waals surface area contributed by atoms with Gasteiger partial charge in [0.05, 0.1) is 19.9 Å². The van der Waals surface area contributed by atoms with Crippen LogP contribution in [0.25, 0.3) is 10.8 Å². The molecule has 1 aliphatic rings. The Morgan fingerprint density at radius 2 is 2.00 bits per heavy atom. The van der Waals surface area contributed by atoms with Gasteiger partial charge in [-0.2, -0.15) is 0 Å². The zero-order valence-electron chi connectivity index (χ0n) is 16.1. The molecule has 28 heavy (non-hydrogen) atoms. The molecular weight excluding hydrogens is 352 g/mol.